The van der Waals surface area contributed by atoms with E-state index < -0.39 is 12.8 Å². The standard InChI is InChI=1S/C19H24F3N5O/c1-23-18(27-7-6-15(12-27)16-10-25-26(2)11-16)24-9-14-4-3-5-17(8-14)28-13-19(20,21)22/h3-5,8,10-11,15H,6-7,9,12-13H2,1-2H3,(H,23,24). The number of benzene rings is 1. The van der Waals surface area contributed by atoms with Crippen LogP contribution in [-0.2, 0) is 13.6 Å². The molecule has 2 aromatic rings. The molecule has 28 heavy (non-hydrogen) atoms. The molecule has 6 nitrogen and oxygen atoms in total. The Labute approximate surface area is 162 Å². The number of nitrogens with zero attached hydrogens (tertiary/aromatic N) is 4. The average Bonchev–Trinajstić information content (AvgIpc) is 3.30. The van der Waals surface area contributed by atoms with Crippen molar-refractivity contribution >= 4 is 5.96 Å². The van der Waals surface area contributed by atoms with Crippen LogP contribution in [0.4, 0.5) is 13.2 Å². The fraction of sp³-hybridized carbons (Fsp3) is 0.474. The molecule has 0 amide bonds. The van der Waals surface area contributed by atoms with E-state index in [0.29, 0.717) is 12.5 Å². The van der Waals surface area contributed by atoms with Gasteiger partial charge in [0.25, 0.3) is 0 Å². The lowest BCUT2D eigenvalue weighted by Crippen LogP contribution is -2.39. The van der Waals surface area contributed by atoms with Gasteiger partial charge in [-0.15, -0.1) is 0 Å². The molecule has 1 saturated heterocycles. The van der Waals surface area contributed by atoms with Gasteiger partial charge in [0, 0.05) is 45.8 Å². The van der Waals surface area contributed by atoms with Crippen LogP contribution < -0.4 is 10.1 Å². The highest BCUT2D eigenvalue weighted by Crippen LogP contribution is 2.26. The van der Waals surface area contributed by atoms with E-state index in [2.05, 4.69) is 20.3 Å². The van der Waals surface area contributed by atoms with Crippen molar-refractivity contribution in [2.75, 3.05) is 26.7 Å². The fourth-order valence-corrected chi connectivity index (χ4v) is 3.30. The number of alkyl halides is 3. The van der Waals surface area contributed by atoms with Crippen molar-refractivity contribution < 1.29 is 17.9 Å². The summed E-state index contributed by atoms with van der Waals surface area (Å²) >= 11 is 0. The monoisotopic (exact) mass is 395 g/mol. The molecule has 3 rings (SSSR count). The van der Waals surface area contributed by atoms with E-state index >= 15 is 0 Å². The minimum atomic E-state index is -4.35. The first-order valence-corrected chi connectivity index (χ1v) is 9.06. The van der Waals surface area contributed by atoms with Crippen molar-refractivity contribution in [3.05, 3.63) is 47.8 Å². The molecule has 1 fully saturated rings. The number of halogens is 3. The number of aryl methyl sites for hydroxylation is 1. The third-order valence-corrected chi connectivity index (χ3v) is 4.65. The van der Waals surface area contributed by atoms with Crippen molar-refractivity contribution in [3.63, 3.8) is 0 Å². The van der Waals surface area contributed by atoms with Gasteiger partial charge in [-0.2, -0.15) is 18.3 Å². The van der Waals surface area contributed by atoms with Gasteiger partial charge in [-0.25, -0.2) is 0 Å². The maximum Gasteiger partial charge on any atom is 0.422 e. The van der Waals surface area contributed by atoms with Crippen molar-refractivity contribution in [3.8, 4) is 5.75 Å². The Morgan fingerprint density at radius 1 is 1.39 bits per heavy atom. The van der Waals surface area contributed by atoms with Crippen LogP contribution in [0.25, 0.3) is 0 Å². The lowest BCUT2D eigenvalue weighted by atomic mass is 10.0. The minimum absolute atomic E-state index is 0.199. The summed E-state index contributed by atoms with van der Waals surface area (Å²) in [4.78, 5) is 6.52. The Kier molecular flexibility index (Phi) is 6.11. The Morgan fingerprint density at radius 3 is 2.89 bits per heavy atom. The van der Waals surface area contributed by atoms with Crippen LogP contribution in [0.15, 0.2) is 41.7 Å². The zero-order chi connectivity index (χ0) is 20.1. The van der Waals surface area contributed by atoms with E-state index in [1.54, 1.807) is 23.9 Å². The summed E-state index contributed by atoms with van der Waals surface area (Å²) in [6.07, 6.45) is 0.609. The number of likely N-dealkylation sites (tertiary alicyclic amines) is 1. The minimum Gasteiger partial charge on any atom is -0.484 e. The third kappa shape index (κ3) is 5.40. The van der Waals surface area contributed by atoms with Crippen molar-refractivity contribution in [2.45, 2.75) is 25.1 Å². The fourth-order valence-electron chi connectivity index (χ4n) is 3.30. The van der Waals surface area contributed by atoms with Crippen molar-refractivity contribution in [1.82, 2.24) is 20.0 Å². The molecule has 2 heterocycles. The summed E-state index contributed by atoms with van der Waals surface area (Å²) in [5.74, 6) is 1.38. The molecule has 1 aliphatic rings. The second-order valence-corrected chi connectivity index (χ2v) is 6.83. The highest BCUT2D eigenvalue weighted by molar-refractivity contribution is 5.80. The van der Waals surface area contributed by atoms with E-state index in [4.69, 9.17) is 4.74 Å². The van der Waals surface area contributed by atoms with Gasteiger partial charge in [-0.05, 0) is 29.7 Å². The second-order valence-electron chi connectivity index (χ2n) is 6.83. The Balaban J connectivity index is 1.54. The number of rotatable bonds is 5. The van der Waals surface area contributed by atoms with Crippen LogP contribution >= 0.6 is 0 Å². The number of hydrogen-bond acceptors (Lipinski definition) is 3. The first-order chi connectivity index (χ1) is 13.3. The quantitative estimate of drug-likeness (QED) is 0.625. The van der Waals surface area contributed by atoms with Gasteiger partial charge in [0.05, 0.1) is 6.20 Å². The first kappa shape index (κ1) is 20.0. The number of aromatic nitrogens is 2. The molecule has 0 aliphatic carbocycles. The normalized spacial score (nSPS) is 17.8. The Bertz CT molecular complexity index is 818. The SMILES string of the molecule is CN=C(NCc1cccc(OCC(F)(F)F)c1)N1CCC(c2cnn(C)c2)C1. The number of guanidine groups is 1. The summed E-state index contributed by atoms with van der Waals surface area (Å²) in [5, 5.41) is 7.52. The van der Waals surface area contributed by atoms with E-state index in [1.165, 1.54) is 11.6 Å². The molecule has 1 atom stereocenters. The zero-order valence-corrected chi connectivity index (χ0v) is 15.9. The topological polar surface area (TPSA) is 54.7 Å². The largest absolute Gasteiger partial charge is 0.484 e. The first-order valence-electron chi connectivity index (χ1n) is 9.06. The van der Waals surface area contributed by atoms with Gasteiger partial charge in [-0.3, -0.25) is 9.67 Å². The van der Waals surface area contributed by atoms with E-state index in [0.717, 1.165) is 31.0 Å². The second kappa shape index (κ2) is 8.53. The van der Waals surface area contributed by atoms with Gasteiger partial charge in [0.1, 0.15) is 5.75 Å². The summed E-state index contributed by atoms with van der Waals surface area (Å²) < 4.78 is 43.5. The number of aliphatic imine (C=N–C) groups is 1. The molecule has 0 radical (unpaired) electrons. The highest BCUT2D eigenvalue weighted by atomic mass is 19.4. The van der Waals surface area contributed by atoms with Crippen LogP contribution in [0.3, 0.4) is 0 Å². The summed E-state index contributed by atoms with van der Waals surface area (Å²) in [6, 6.07) is 6.64. The lowest BCUT2D eigenvalue weighted by molar-refractivity contribution is -0.153. The molecule has 152 valence electrons. The predicted molar refractivity (Wildman–Crippen MR) is 100 cm³/mol. The molecule has 1 N–H and O–H groups in total. The molecule has 1 aromatic carbocycles. The Hall–Kier alpha value is -2.71. The van der Waals surface area contributed by atoms with Crippen molar-refractivity contribution in [2.24, 2.45) is 12.0 Å². The van der Waals surface area contributed by atoms with Crippen LogP contribution in [0.2, 0.25) is 0 Å². The number of hydrogen-bond donors (Lipinski definition) is 1. The van der Waals surface area contributed by atoms with Gasteiger partial charge in [-0.1, -0.05) is 12.1 Å². The van der Waals surface area contributed by atoms with Gasteiger partial charge >= 0.3 is 6.18 Å². The van der Waals surface area contributed by atoms with Crippen LogP contribution in [0.5, 0.6) is 5.75 Å². The molecular formula is C19H24F3N5O. The van der Waals surface area contributed by atoms with Crippen LogP contribution in [0.1, 0.15) is 23.5 Å². The van der Waals surface area contributed by atoms with E-state index in [9.17, 15) is 13.2 Å². The van der Waals surface area contributed by atoms with Crippen LogP contribution in [-0.4, -0.2) is 53.6 Å². The summed E-state index contributed by atoms with van der Waals surface area (Å²) in [7, 11) is 3.63. The molecular weight excluding hydrogens is 371 g/mol. The molecule has 0 saturated carbocycles. The maximum absolute atomic E-state index is 12.3. The van der Waals surface area contributed by atoms with Crippen molar-refractivity contribution in [1.29, 1.82) is 0 Å². The number of ether oxygens (including phenoxy) is 1. The molecule has 0 bridgehead atoms. The molecule has 1 aromatic heterocycles. The summed E-state index contributed by atoms with van der Waals surface area (Å²) in [5.41, 5.74) is 2.04. The molecule has 0 spiro atoms. The van der Waals surface area contributed by atoms with Crippen LogP contribution in [0, 0.1) is 0 Å². The van der Waals surface area contributed by atoms with Gasteiger partial charge < -0.3 is 15.0 Å². The Morgan fingerprint density at radius 2 is 2.21 bits per heavy atom. The molecule has 1 unspecified atom stereocenters. The zero-order valence-electron chi connectivity index (χ0n) is 15.9. The highest BCUT2D eigenvalue weighted by Gasteiger charge is 2.28. The maximum atomic E-state index is 12.3. The lowest BCUT2D eigenvalue weighted by Gasteiger charge is -2.21. The van der Waals surface area contributed by atoms with E-state index in [-0.39, 0.29) is 5.75 Å². The van der Waals surface area contributed by atoms with Gasteiger partial charge in [0.15, 0.2) is 12.6 Å². The molecule has 1 aliphatic heterocycles. The number of nitrogens with one attached hydrogen (secondary N) is 1. The smallest absolute Gasteiger partial charge is 0.422 e. The average molecular weight is 395 g/mol. The summed E-state index contributed by atoms with van der Waals surface area (Å²) in [6.45, 7) is 0.882. The van der Waals surface area contributed by atoms with E-state index in [1.807, 2.05) is 25.5 Å². The molecule has 9 heteroatoms. The predicted octanol–water partition coefficient (Wildman–Crippen LogP) is 2.93. The van der Waals surface area contributed by atoms with Gasteiger partial charge in [0.2, 0.25) is 0 Å². The third-order valence-electron chi connectivity index (χ3n) is 4.65.